The molecule has 0 spiro atoms. The number of amides is 1. The number of rotatable bonds is 6. The van der Waals surface area contributed by atoms with E-state index in [0.717, 1.165) is 5.69 Å². The maximum atomic E-state index is 12.4. The summed E-state index contributed by atoms with van der Waals surface area (Å²) in [5.41, 5.74) is 1.86. The predicted octanol–water partition coefficient (Wildman–Crippen LogP) is 2.94. The minimum Gasteiger partial charge on any atom is -0.495 e. The maximum absolute atomic E-state index is 12.4. The number of nitrogens with zero attached hydrogens (tertiary/aromatic N) is 6. The second-order valence-corrected chi connectivity index (χ2v) is 7.29. The first-order chi connectivity index (χ1) is 15.0. The van der Waals surface area contributed by atoms with Gasteiger partial charge >= 0.3 is 5.97 Å². The second kappa shape index (κ2) is 8.48. The topological polar surface area (TPSA) is 112 Å². The van der Waals surface area contributed by atoms with Crippen LogP contribution in [0.3, 0.4) is 0 Å². The highest BCUT2D eigenvalue weighted by Crippen LogP contribution is 2.35. The molecule has 0 radical (unpaired) electrons. The van der Waals surface area contributed by atoms with Gasteiger partial charge in [-0.1, -0.05) is 12.1 Å². The molecule has 0 saturated carbocycles. The SMILES string of the molecule is COc1ccccc1N(C(C)=O)c1nc(COC(=O)c2nc3nccc(C)n3n2)cs1. The summed E-state index contributed by atoms with van der Waals surface area (Å²) in [5, 5.41) is 6.28. The van der Waals surface area contributed by atoms with Gasteiger partial charge in [0.2, 0.25) is 5.91 Å². The number of carbonyl (C=O) groups excluding carboxylic acids is 2. The number of carbonyl (C=O) groups is 2. The number of benzene rings is 1. The van der Waals surface area contributed by atoms with Gasteiger partial charge in [0.25, 0.3) is 11.6 Å². The molecule has 0 N–H and O–H groups in total. The van der Waals surface area contributed by atoms with E-state index in [1.54, 1.807) is 29.8 Å². The van der Waals surface area contributed by atoms with Gasteiger partial charge in [0.15, 0.2) is 5.13 Å². The number of para-hydroxylation sites is 2. The number of anilines is 2. The van der Waals surface area contributed by atoms with E-state index in [2.05, 4.69) is 20.1 Å². The molecular formula is C20H18N6O4S. The monoisotopic (exact) mass is 438 g/mol. The molecule has 1 amide bonds. The van der Waals surface area contributed by atoms with Crippen LogP contribution >= 0.6 is 11.3 Å². The van der Waals surface area contributed by atoms with Crippen molar-refractivity contribution >= 4 is 39.8 Å². The Morgan fingerprint density at radius 1 is 1.19 bits per heavy atom. The van der Waals surface area contributed by atoms with Crippen LogP contribution in [0.4, 0.5) is 10.8 Å². The first-order valence-corrected chi connectivity index (χ1v) is 10.1. The highest BCUT2D eigenvalue weighted by Gasteiger charge is 2.22. The molecule has 11 heteroatoms. The minimum atomic E-state index is -0.687. The quantitative estimate of drug-likeness (QED) is 0.423. The highest BCUT2D eigenvalue weighted by atomic mass is 32.1. The molecule has 0 fully saturated rings. The summed E-state index contributed by atoms with van der Waals surface area (Å²) >= 11 is 1.26. The van der Waals surface area contributed by atoms with Crippen LogP contribution in [-0.2, 0) is 16.1 Å². The molecule has 3 heterocycles. The van der Waals surface area contributed by atoms with Gasteiger partial charge in [0.05, 0.1) is 18.5 Å². The van der Waals surface area contributed by atoms with E-state index in [1.165, 1.54) is 34.8 Å². The van der Waals surface area contributed by atoms with Crippen LogP contribution in [-0.4, -0.2) is 43.6 Å². The van der Waals surface area contributed by atoms with Crippen molar-refractivity contribution in [2.75, 3.05) is 12.0 Å². The lowest BCUT2D eigenvalue weighted by Gasteiger charge is -2.20. The molecule has 0 unspecified atom stereocenters. The normalized spacial score (nSPS) is 10.8. The fourth-order valence-corrected chi connectivity index (χ4v) is 3.75. The predicted molar refractivity (Wildman–Crippen MR) is 113 cm³/mol. The van der Waals surface area contributed by atoms with Crippen molar-refractivity contribution in [2.45, 2.75) is 20.5 Å². The van der Waals surface area contributed by atoms with E-state index < -0.39 is 5.97 Å². The fraction of sp³-hybridized carbons (Fsp3) is 0.200. The summed E-state index contributed by atoms with van der Waals surface area (Å²) in [6.07, 6.45) is 1.59. The molecule has 0 saturated heterocycles. The maximum Gasteiger partial charge on any atom is 0.378 e. The third-order valence-electron chi connectivity index (χ3n) is 4.34. The van der Waals surface area contributed by atoms with Gasteiger partial charge in [0.1, 0.15) is 12.4 Å². The number of ether oxygens (including phenoxy) is 2. The Morgan fingerprint density at radius 2 is 2.00 bits per heavy atom. The standard InChI is InChI=1S/C20H18N6O4S/c1-12-8-9-21-19-23-17(24-26(12)19)18(28)30-10-14-11-31-20(22-14)25(13(2)27)15-6-4-5-7-16(15)29-3/h4-9,11H,10H2,1-3H3. The lowest BCUT2D eigenvalue weighted by Crippen LogP contribution is -2.23. The Labute approximate surface area is 181 Å². The largest absolute Gasteiger partial charge is 0.495 e. The van der Waals surface area contributed by atoms with Gasteiger partial charge in [0, 0.05) is 24.2 Å². The molecule has 31 heavy (non-hydrogen) atoms. The van der Waals surface area contributed by atoms with Crippen LogP contribution in [0.1, 0.15) is 28.9 Å². The van der Waals surface area contributed by atoms with Crippen molar-refractivity contribution in [3.8, 4) is 5.75 Å². The Morgan fingerprint density at radius 3 is 2.74 bits per heavy atom. The van der Waals surface area contributed by atoms with Crippen LogP contribution in [0.5, 0.6) is 5.75 Å². The average molecular weight is 438 g/mol. The molecular weight excluding hydrogens is 420 g/mol. The zero-order valence-electron chi connectivity index (χ0n) is 17.0. The zero-order chi connectivity index (χ0) is 22.0. The van der Waals surface area contributed by atoms with Crippen LogP contribution in [0.2, 0.25) is 0 Å². The van der Waals surface area contributed by atoms with Gasteiger partial charge in [-0.2, -0.15) is 4.98 Å². The molecule has 0 aliphatic heterocycles. The Balaban J connectivity index is 1.50. The minimum absolute atomic E-state index is 0.0864. The lowest BCUT2D eigenvalue weighted by molar-refractivity contribution is -0.115. The first-order valence-electron chi connectivity index (χ1n) is 9.21. The van der Waals surface area contributed by atoms with Crippen LogP contribution < -0.4 is 9.64 Å². The van der Waals surface area contributed by atoms with Crippen LogP contribution in [0.25, 0.3) is 5.78 Å². The Hall–Kier alpha value is -3.86. The Bertz CT molecular complexity index is 1270. The number of esters is 1. The third-order valence-corrected chi connectivity index (χ3v) is 5.21. The molecule has 4 rings (SSSR count). The van der Waals surface area contributed by atoms with Gasteiger partial charge in [-0.15, -0.1) is 16.4 Å². The van der Waals surface area contributed by atoms with Crippen molar-refractivity contribution in [3.05, 3.63) is 59.1 Å². The van der Waals surface area contributed by atoms with Crippen molar-refractivity contribution in [3.63, 3.8) is 0 Å². The smallest absolute Gasteiger partial charge is 0.378 e. The zero-order valence-corrected chi connectivity index (χ0v) is 17.8. The molecule has 0 aliphatic rings. The fourth-order valence-electron chi connectivity index (χ4n) is 2.88. The average Bonchev–Trinajstić information content (AvgIpc) is 3.40. The number of aromatic nitrogens is 5. The second-order valence-electron chi connectivity index (χ2n) is 6.46. The summed E-state index contributed by atoms with van der Waals surface area (Å²) < 4.78 is 12.1. The van der Waals surface area contributed by atoms with Gasteiger partial charge in [-0.05, 0) is 25.1 Å². The van der Waals surface area contributed by atoms with E-state index in [1.807, 2.05) is 19.1 Å². The van der Waals surface area contributed by atoms with Crippen molar-refractivity contribution in [1.82, 2.24) is 24.6 Å². The van der Waals surface area contributed by atoms with E-state index >= 15 is 0 Å². The van der Waals surface area contributed by atoms with Crippen molar-refractivity contribution < 1.29 is 19.1 Å². The number of methoxy groups -OCH3 is 1. The number of fused-ring (bicyclic) bond motifs is 1. The van der Waals surface area contributed by atoms with E-state index in [9.17, 15) is 9.59 Å². The van der Waals surface area contributed by atoms with Crippen molar-refractivity contribution in [2.24, 2.45) is 0 Å². The van der Waals surface area contributed by atoms with Gasteiger partial charge < -0.3 is 9.47 Å². The van der Waals surface area contributed by atoms with Gasteiger partial charge in [-0.3, -0.25) is 9.69 Å². The van der Waals surface area contributed by atoms with E-state index in [4.69, 9.17) is 9.47 Å². The third kappa shape index (κ3) is 4.08. The summed E-state index contributed by atoms with van der Waals surface area (Å²) in [6.45, 7) is 3.19. The first kappa shape index (κ1) is 20.4. The number of thiazole rings is 1. The van der Waals surface area contributed by atoms with E-state index in [0.29, 0.717) is 28.0 Å². The van der Waals surface area contributed by atoms with Crippen LogP contribution in [0, 0.1) is 6.92 Å². The highest BCUT2D eigenvalue weighted by molar-refractivity contribution is 7.14. The molecule has 10 nitrogen and oxygen atoms in total. The molecule has 0 bridgehead atoms. The lowest BCUT2D eigenvalue weighted by atomic mass is 10.2. The molecule has 0 aliphatic carbocycles. The molecule has 3 aromatic heterocycles. The Kier molecular flexibility index (Phi) is 5.58. The van der Waals surface area contributed by atoms with Crippen LogP contribution in [0.15, 0.2) is 41.9 Å². The molecule has 0 atom stereocenters. The van der Waals surface area contributed by atoms with Gasteiger partial charge in [-0.25, -0.2) is 19.3 Å². The molecule has 158 valence electrons. The summed E-state index contributed by atoms with van der Waals surface area (Å²) in [7, 11) is 1.54. The summed E-state index contributed by atoms with van der Waals surface area (Å²) in [5.74, 6) is -0.136. The number of aryl methyl sites for hydroxylation is 1. The molecule has 1 aromatic carbocycles. The number of hydrogen-bond acceptors (Lipinski definition) is 9. The van der Waals surface area contributed by atoms with E-state index in [-0.39, 0.29) is 18.3 Å². The molecule has 4 aromatic rings. The summed E-state index contributed by atoms with van der Waals surface area (Å²) in [4.78, 5) is 38.7. The van der Waals surface area contributed by atoms with Crippen molar-refractivity contribution in [1.29, 1.82) is 0 Å². The number of hydrogen-bond donors (Lipinski definition) is 0. The summed E-state index contributed by atoms with van der Waals surface area (Å²) in [6, 6.07) is 8.92.